The number of unbranched alkanes of at least 4 members (excludes halogenated alkanes) is 1. The molecule has 0 heterocycles. The molecule has 1 unspecified atom stereocenters. The van der Waals surface area contributed by atoms with Gasteiger partial charge < -0.3 is 4.74 Å². The largest absolute Gasteiger partial charge is 0.460 e. The fourth-order valence-corrected chi connectivity index (χ4v) is 0.866. The summed E-state index contributed by atoms with van der Waals surface area (Å²) in [6, 6.07) is 0. The molecule has 0 radical (unpaired) electrons. The zero-order valence-corrected chi connectivity index (χ0v) is 9.48. The van der Waals surface area contributed by atoms with E-state index in [1.807, 2.05) is 6.92 Å². The van der Waals surface area contributed by atoms with Gasteiger partial charge in [0.2, 0.25) is 5.83 Å². The van der Waals surface area contributed by atoms with E-state index >= 15 is 0 Å². The fourth-order valence-electron chi connectivity index (χ4n) is 0.866. The van der Waals surface area contributed by atoms with Crippen molar-refractivity contribution in [2.45, 2.75) is 40.0 Å². The first-order chi connectivity index (χ1) is 7.04. The average Bonchev–Trinajstić information content (AvgIpc) is 2.26. The van der Waals surface area contributed by atoms with Crippen LogP contribution in [0.1, 0.15) is 40.0 Å². The van der Waals surface area contributed by atoms with Gasteiger partial charge in [-0.05, 0) is 12.8 Å². The summed E-state index contributed by atoms with van der Waals surface area (Å²) >= 11 is 0. The number of ether oxygens (including phenoxy) is 1. The maximum absolute atomic E-state index is 13.2. The maximum atomic E-state index is 13.2. The standard InChI is InChI=1S/C11H18F2O2/c1-4-6-7-15-11(14)10(13)9(12)8(3)5-2/h8H,4-7H2,1-3H3/b10-9+. The van der Waals surface area contributed by atoms with E-state index in [2.05, 4.69) is 4.74 Å². The van der Waals surface area contributed by atoms with Crippen molar-refractivity contribution in [3.8, 4) is 0 Å². The highest BCUT2D eigenvalue weighted by Crippen LogP contribution is 2.21. The molecule has 0 fully saturated rings. The Morgan fingerprint density at radius 2 is 1.93 bits per heavy atom. The van der Waals surface area contributed by atoms with E-state index in [9.17, 15) is 13.6 Å². The number of allylic oxidation sites excluding steroid dienone is 1. The van der Waals surface area contributed by atoms with Crippen LogP contribution in [0.2, 0.25) is 0 Å². The van der Waals surface area contributed by atoms with Crippen LogP contribution in [0.3, 0.4) is 0 Å². The first-order valence-corrected chi connectivity index (χ1v) is 5.26. The minimum Gasteiger partial charge on any atom is -0.460 e. The van der Waals surface area contributed by atoms with Crippen molar-refractivity contribution < 1.29 is 18.3 Å². The van der Waals surface area contributed by atoms with Crippen LogP contribution in [0.15, 0.2) is 11.7 Å². The summed E-state index contributed by atoms with van der Waals surface area (Å²) in [4.78, 5) is 11.0. The molecule has 0 rings (SSSR count). The van der Waals surface area contributed by atoms with Crippen LogP contribution < -0.4 is 0 Å². The van der Waals surface area contributed by atoms with Crippen LogP contribution in [0, 0.1) is 5.92 Å². The normalized spacial score (nSPS) is 14.5. The molecule has 0 saturated heterocycles. The van der Waals surface area contributed by atoms with Crippen molar-refractivity contribution in [1.82, 2.24) is 0 Å². The van der Waals surface area contributed by atoms with Gasteiger partial charge in [-0.3, -0.25) is 0 Å². The molecule has 0 spiro atoms. The van der Waals surface area contributed by atoms with Crippen LogP contribution in [0.5, 0.6) is 0 Å². The minimum atomic E-state index is -1.39. The molecule has 0 aliphatic heterocycles. The lowest BCUT2D eigenvalue weighted by atomic mass is 10.1. The molecule has 0 N–H and O–H groups in total. The first kappa shape index (κ1) is 14.1. The Labute approximate surface area is 89.3 Å². The van der Waals surface area contributed by atoms with Gasteiger partial charge in [0.05, 0.1) is 6.61 Å². The zero-order valence-electron chi connectivity index (χ0n) is 9.48. The monoisotopic (exact) mass is 220 g/mol. The summed E-state index contributed by atoms with van der Waals surface area (Å²) in [6.45, 7) is 5.30. The van der Waals surface area contributed by atoms with Crippen LogP contribution in [0.4, 0.5) is 8.78 Å². The molecule has 4 heteroatoms. The van der Waals surface area contributed by atoms with Crippen molar-refractivity contribution in [3.05, 3.63) is 11.7 Å². The smallest absolute Gasteiger partial charge is 0.369 e. The number of hydrogen-bond acceptors (Lipinski definition) is 2. The fraction of sp³-hybridized carbons (Fsp3) is 0.727. The molecule has 0 amide bonds. The highest BCUT2D eigenvalue weighted by atomic mass is 19.2. The van der Waals surface area contributed by atoms with Gasteiger partial charge in [0, 0.05) is 5.92 Å². The lowest BCUT2D eigenvalue weighted by Gasteiger charge is -2.07. The van der Waals surface area contributed by atoms with Gasteiger partial charge in [0.25, 0.3) is 0 Å². The summed E-state index contributed by atoms with van der Waals surface area (Å²) < 4.78 is 30.8. The number of esters is 1. The molecule has 2 nitrogen and oxygen atoms in total. The SMILES string of the molecule is CCCCOC(=O)/C(F)=C(\F)C(C)CC. The van der Waals surface area contributed by atoms with E-state index in [4.69, 9.17) is 0 Å². The Morgan fingerprint density at radius 1 is 1.33 bits per heavy atom. The predicted molar refractivity (Wildman–Crippen MR) is 54.6 cm³/mol. The van der Waals surface area contributed by atoms with Gasteiger partial charge in [0.1, 0.15) is 5.83 Å². The maximum Gasteiger partial charge on any atom is 0.369 e. The number of carbonyl (C=O) groups excluding carboxylic acids is 1. The minimum absolute atomic E-state index is 0.135. The average molecular weight is 220 g/mol. The van der Waals surface area contributed by atoms with E-state index < -0.39 is 23.5 Å². The second-order valence-corrected chi connectivity index (χ2v) is 3.46. The summed E-state index contributed by atoms with van der Waals surface area (Å²) in [7, 11) is 0. The van der Waals surface area contributed by atoms with E-state index in [1.165, 1.54) is 6.92 Å². The number of hydrogen-bond donors (Lipinski definition) is 0. The highest BCUT2D eigenvalue weighted by molar-refractivity contribution is 5.86. The van der Waals surface area contributed by atoms with Crippen molar-refractivity contribution >= 4 is 5.97 Å². The lowest BCUT2D eigenvalue weighted by molar-refractivity contribution is -0.141. The summed E-state index contributed by atoms with van der Waals surface area (Å²) in [6.07, 6.45) is 1.94. The van der Waals surface area contributed by atoms with Crippen molar-refractivity contribution in [2.24, 2.45) is 5.92 Å². The Hall–Kier alpha value is -0.930. The second-order valence-electron chi connectivity index (χ2n) is 3.46. The van der Waals surface area contributed by atoms with Crippen LogP contribution in [-0.4, -0.2) is 12.6 Å². The van der Waals surface area contributed by atoms with Gasteiger partial charge in [-0.1, -0.05) is 27.2 Å². The number of rotatable bonds is 6. The summed E-state index contributed by atoms with van der Waals surface area (Å²) in [5, 5.41) is 0. The molecule has 0 bridgehead atoms. The Morgan fingerprint density at radius 3 is 2.40 bits per heavy atom. The Bertz CT molecular complexity index is 237. The van der Waals surface area contributed by atoms with Crippen LogP contribution in [-0.2, 0) is 9.53 Å². The first-order valence-electron chi connectivity index (χ1n) is 5.26. The molecule has 15 heavy (non-hydrogen) atoms. The molecule has 0 aliphatic carbocycles. The van der Waals surface area contributed by atoms with Crippen molar-refractivity contribution in [1.29, 1.82) is 0 Å². The molecule has 0 aromatic carbocycles. The van der Waals surface area contributed by atoms with E-state index in [0.29, 0.717) is 12.8 Å². The quantitative estimate of drug-likeness (QED) is 0.389. The lowest BCUT2D eigenvalue weighted by Crippen LogP contribution is -2.09. The summed E-state index contributed by atoms with van der Waals surface area (Å²) in [5.41, 5.74) is 0. The number of carbonyl (C=O) groups is 1. The van der Waals surface area contributed by atoms with Crippen LogP contribution >= 0.6 is 0 Å². The molecular weight excluding hydrogens is 202 g/mol. The predicted octanol–water partition coefficient (Wildman–Crippen LogP) is 3.53. The molecule has 88 valence electrons. The third kappa shape index (κ3) is 4.91. The van der Waals surface area contributed by atoms with Gasteiger partial charge in [-0.25, -0.2) is 9.18 Å². The third-order valence-electron chi connectivity index (χ3n) is 2.16. The Kier molecular flexibility index (Phi) is 6.92. The molecule has 1 atom stereocenters. The molecule has 0 aromatic rings. The van der Waals surface area contributed by atoms with Gasteiger partial charge in [-0.2, -0.15) is 4.39 Å². The van der Waals surface area contributed by atoms with Crippen LogP contribution in [0.25, 0.3) is 0 Å². The van der Waals surface area contributed by atoms with Gasteiger partial charge in [-0.15, -0.1) is 0 Å². The van der Waals surface area contributed by atoms with Crippen molar-refractivity contribution in [2.75, 3.05) is 6.61 Å². The molecule has 0 saturated carbocycles. The number of halogens is 2. The molecule has 0 aromatic heterocycles. The van der Waals surface area contributed by atoms with Crippen molar-refractivity contribution in [3.63, 3.8) is 0 Å². The van der Waals surface area contributed by atoms with Gasteiger partial charge in [0.15, 0.2) is 0 Å². The third-order valence-corrected chi connectivity index (χ3v) is 2.16. The molecule has 0 aliphatic rings. The van der Waals surface area contributed by atoms with E-state index in [-0.39, 0.29) is 6.61 Å². The van der Waals surface area contributed by atoms with E-state index in [1.54, 1.807) is 6.92 Å². The second kappa shape index (κ2) is 7.37. The highest BCUT2D eigenvalue weighted by Gasteiger charge is 2.20. The Balaban J connectivity index is 4.28. The van der Waals surface area contributed by atoms with Gasteiger partial charge >= 0.3 is 5.97 Å². The van der Waals surface area contributed by atoms with E-state index in [0.717, 1.165) is 6.42 Å². The zero-order chi connectivity index (χ0) is 11.8. The summed E-state index contributed by atoms with van der Waals surface area (Å²) in [5.74, 6) is -4.18. The molecular formula is C11H18F2O2. The topological polar surface area (TPSA) is 26.3 Å².